The highest BCUT2D eigenvalue weighted by Gasteiger charge is 2.38. The maximum absolute atomic E-state index is 13.3. The molecule has 35 heavy (non-hydrogen) atoms. The maximum atomic E-state index is 13.3. The molecule has 1 atom stereocenters. The van der Waals surface area contributed by atoms with Crippen molar-refractivity contribution in [3.63, 3.8) is 0 Å². The van der Waals surface area contributed by atoms with E-state index in [0.717, 1.165) is 16.8 Å². The van der Waals surface area contributed by atoms with Gasteiger partial charge in [-0.1, -0.05) is 6.07 Å². The van der Waals surface area contributed by atoms with E-state index >= 15 is 0 Å². The van der Waals surface area contributed by atoms with Gasteiger partial charge in [-0.2, -0.15) is 23.4 Å². The number of benzene rings is 1. The second-order valence-electron chi connectivity index (χ2n) is 8.27. The highest BCUT2D eigenvalue weighted by molar-refractivity contribution is 5.96. The molecule has 3 heterocycles. The van der Waals surface area contributed by atoms with Crippen LogP contribution in [0.4, 0.5) is 26.3 Å². The van der Waals surface area contributed by atoms with E-state index in [1.807, 2.05) is 0 Å². The quantitative estimate of drug-likeness (QED) is 0.484. The van der Waals surface area contributed by atoms with Crippen LogP contribution >= 0.6 is 0 Å². The minimum atomic E-state index is -4.90. The Hall–Kier alpha value is -3.51. The van der Waals surface area contributed by atoms with Gasteiger partial charge in [0.1, 0.15) is 5.75 Å². The minimum absolute atomic E-state index is 0.0455. The van der Waals surface area contributed by atoms with E-state index in [0.29, 0.717) is 23.4 Å². The average Bonchev–Trinajstić information content (AvgIpc) is 3.28. The second-order valence-corrected chi connectivity index (χ2v) is 8.27. The molecule has 1 aliphatic heterocycles. The third kappa shape index (κ3) is 4.46. The van der Waals surface area contributed by atoms with Crippen LogP contribution in [-0.4, -0.2) is 43.3 Å². The van der Waals surface area contributed by atoms with Crippen LogP contribution in [0.1, 0.15) is 45.8 Å². The van der Waals surface area contributed by atoms with Crippen molar-refractivity contribution in [1.82, 2.24) is 24.5 Å². The fraction of sp³-hybridized carbons (Fsp3) is 0.409. The van der Waals surface area contributed by atoms with E-state index in [4.69, 9.17) is 0 Å². The Bertz CT molecular complexity index is 1290. The molecule has 0 spiro atoms. The molecule has 7 nitrogen and oxygen atoms in total. The summed E-state index contributed by atoms with van der Waals surface area (Å²) in [4.78, 5) is 14.8. The van der Waals surface area contributed by atoms with E-state index in [-0.39, 0.29) is 23.4 Å². The number of carbonyl (C=O) groups is 1. The SMILES string of the molecule is Cc1c(OC(F)(F)F)cccc1C(=O)N1CCc2c(nn(C)c2-c2cc(C(F)(F)F)nn2C)[C@@H]1C. The molecule has 0 fully saturated rings. The van der Waals surface area contributed by atoms with Crippen LogP contribution in [0.2, 0.25) is 0 Å². The first-order chi connectivity index (χ1) is 16.2. The summed E-state index contributed by atoms with van der Waals surface area (Å²) in [6.07, 6.45) is -9.21. The zero-order chi connectivity index (χ0) is 25.9. The van der Waals surface area contributed by atoms with Gasteiger partial charge in [0, 0.05) is 37.3 Å². The van der Waals surface area contributed by atoms with Gasteiger partial charge in [-0.25, -0.2) is 0 Å². The Morgan fingerprint density at radius 1 is 1.09 bits per heavy atom. The van der Waals surface area contributed by atoms with E-state index in [9.17, 15) is 31.1 Å². The van der Waals surface area contributed by atoms with Crippen molar-refractivity contribution in [3.05, 3.63) is 52.3 Å². The molecular weight excluding hydrogens is 480 g/mol. The van der Waals surface area contributed by atoms with Crippen molar-refractivity contribution >= 4 is 5.91 Å². The first-order valence-electron chi connectivity index (χ1n) is 10.5. The second kappa shape index (κ2) is 8.31. The fourth-order valence-corrected chi connectivity index (χ4v) is 4.41. The topological polar surface area (TPSA) is 65.2 Å². The Morgan fingerprint density at radius 3 is 2.37 bits per heavy atom. The molecular formula is C22H21F6N5O2. The van der Waals surface area contributed by atoms with Crippen LogP contribution in [0.25, 0.3) is 11.4 Å². The molecule has 1 amide bonds. The van der Waals surface area contributed by atoms with Crippen LogP contribution in [-0.2, 0) is 26.7 Å². The highest BCUT2D eigenvalue weighted by atomic mass is 19.4. The highest BCUT2D eigenvalue weighted by Crippen LogP contribution is 2.38. The van der Waals surface area contributed by atoms with Crippen LogP contribution in [0.15, 0.2) is 24.3 Å². The molecule has 0 aliphatic carbocycles. The van der Waals surface area contributed by atoms with Crippen molar-refractivity contribution in [2.24, 2.45) is 14.1 Å². The van der Waals surface area contributed by atoms with Gasteiger partial charge >= 0.3 is 12.5 Å². The number of hydrogen-bond donors (Lipinski definition) is 0. The smallest absolute Gasteiger partial charge is 0.405 e. The number of halogens is 6. The molecule has 0 saturated heterocycles. The third-order valence-corrected chi connectivity index (χ3v) is 6.06. The van der Waals surface area contributed by atoms with Gasteiger partial charge in [0.25, 0.3) is 5.91 Å². The van der Waals surface area contributed by atoms with Crippen molar-refractivity contribution in [1.29, 1.82) is 0 Å². The van der Waals surface area contributed by atoms with E-state index in [2.05, 4.69) is 14.9 Å². The first kappa shape index (κ1) is 24.6. The van der Waals surface area contributed by atoms with Crippen LogP contribution in [0.5, 0.6) is 5.75 Å². The summed E-state index contributed by atoms with van der Waals surface area (Å²) in [5.74, 6) is -0.967. The lowest BCUT2D eigenvalue weighted by Crippen LogP contribution is -2.39. The van der Waals surface area contributed by atoms with Gasteiger partial charge < -0.3 is 9.64 Å². The molecule has 0 unspecified atom stereocenters. The predicted octanol–water partition coefficient (Wildman–Crippen LogP) is 4.81. The average molecular weight is 501 g/mol. The molecule has 1 aromatic carbocycles. The van der Waals surface area contributed by atoms with Crippen molar-refractivity contribution in [3.8, 4) is 17.1 Å². The molecule has 0 saturated carbocycles. The Labute approximate surface area is 195 Å². The number of aromatic nitrogens is 4. The van der Waals surface area contributed by atoms with Gasteiger partial charge in [-0.05, 0) is 38.5 Å². The molecule has 4 rings (SSSR count). The fourth-order valence-electron chi connectivity index (χ4n) is 4.41. The monoisotopic (exact) mass is 501 g/mol. The summed E-state index contributed by atoms with van der Waals surface area (Å²) in [7, 11) is 3.00. The summed E-state index contributed by atoms with van der Waals surface area (Å²) in [6, 6.07) is 4.23. The minimum Gasteiger partial charge on any atom is -0.405 e. The van der Waals surface area contributed by atoms with E-state index in [1.54, 1.807) is 14.0 Å². The number of carbonyl (C=O) groups excluding carboxylic acids is 1. The zero-order valence-electron chi connectivity index (χ0n) is 19.1. The number of fused-ring (bicyclic) bond motifs is 1. The number of rotatable bonds is 3. The number of nitrogens with zero attached hydrogens (tertiary/aromatic N) is 5. The summed E-state index contributed by atoms with van der Waals surface area (Å²) in [6.45, 7) is 3.27. The van der Waals surface area contributed by atoms with E-state index in [1.165, 1.54) is 35.7 Å². The molecule has 0 radical (unpaired) electrons. The summed E-state index contributed by atoms with van der Waals surface area (Å²) < 4.78 is 84.3. The summed E-state index contributed by atoms with van der Waals surface area (Å²) >= 11 is 0. The van der Waals surface area contributed by atoms with Crippen LogP contribution in [0, 0.1) is 6.92 Å². The maximum Gasteiger partial charge on any atom is 0.573 e. The largest absolute Gasteiger partial charge is 0.573 e. The van der Waals surface area contributed by atoms with Crippen molar-refractivity contribution in [2.45, 2.75) is 38.8 Å². The molecule has 2 aromatic heterocycles. The lowest BCUT2D eigenvalue weighted by Gasteiger charge is -2.33. The van der Waals surface area contributed by atoms with Gasteiger partial charge in [0.05, 0.1) is 23.1 Å². The zero-order valence-corrected chi connectivity index (χ0v) is 19.1. The van der Waals surface area contributed by atoms with Crippen molar-refractivity contribution < 1.29 is 35.9 Å². The van der Waals surface area contributed by atoms with Gasteiger partial charge in [0.15, 0.2) is 5.69 Å². The third-order valence-electron chi connectivity index (χ3n) is 6.06. The number of ether oxygens (including phenoxy) is 1. The number of hydrogen-bond acceptors (Lipinski definition) is 4. The standard InChI is InChI=1S/C22H21F6N5O2/c1-11-13(6-5-7-16(11)35-22(26,27)28)20(34)33-9-8-14-18(12(33)2)30-32(4)19(14)15-10-17(21(23,24)25)29-31(15)3/h5-7,10,12H,8-9H2,1-4H3/t12-/m0/s1. The molecule has 1 aliphatic rings. The van der Waals surface area contributed by atoms with Crippen LogP contribution in [0.3, 0.4) is 0 Å². The number of alkyl halides is 6. The lowest BCUT2D eigenvalue weighted by molar-refractivity contribution is -0.274. The molecule has 3 aromatic rings. The lowest BCUT2D eigenvalue weighted by atomic mass is 9.95. The van der Waals surface area contributed by atoms with Gasteiger partial charge in [-0.3, -0.25) is 14.2 Å². The van der Waals surface area contributed by atoms with Crippen molar-refractivity contribution in [2.75, 3.05) is 6.54 Å². The van der Waals surface area contributed by atoms with Gasteiger partial charge in [-0.15, -0.1) is 13.2 Å². The molecule has 0 bridgehead atoms. The number of amides is 1. The molecule has 0 N–H and O–H groups in total. The Kier molecular flexibility index (Phi) is 5.84. The Balaban J connectivity index is 1.68. The van der Waals surface area contributed by atoms with Crippen LogP contribution < -0.4 is 4.74 Å². The van der Waals surface area contributed by atoms with Gasteiger partial charge in [0.2, 0.25) is 0 Å². The van der Waals surface area contributed by atoms with E-state index < -0.39 is 35.9 Å². The Morgan fingerprint density at radius 2 is 1.77 bits per heavy atom. The first-order valence-corrected chi connectivity index (χ1v) is 10.5. The predicted molar refractivity (Wildman–Crippen MR) is 111 cm³/mol. The summed E-state index contributed by atoms with van der Waals surface area (Å²) in [5.41, 5.74) is 0.948. The summed E-state index contributed by atoms with van der Waals surface area (Å²) in [5, 5.41) is 8.03. The molecule has 188 valence electrons. The normalized spacial score (nSPS) is 16.4. The molecule has 13 heteroatoms. The number of aryl methyl sites for hydroxylation is 2.